The summed E-state index contributed by atoms with van der Waals surface area (Å²) in [4.78, 5) is 28.8. The van der Waals surface area contributed by atoms with Crippen molar-refractivity contribution in [3.8, 4) is 0 Å². The van der Waals surface area contributed by atoms with Crippen molar-refractivity contribution in [1.82, 2.24) is 9.55 Å². The monoisotopic (exact) mass is 394 g/mol. The average molecular weight is 395 g/mol. The summed E-state index contributed by atoms with van der Waals surface area (Å²) < 4.78 is 6.51. The van der Waals surface area contributed by atoms with Crippen LogP contribution in [0.15, 0.2) is 35.1 Å². The number of esters is 1. The minimum Gasteiger partial charge on any atom is -0.464 e. The van der Waals surface area contributed by atoms with Crippen LogP contribution in [0.5, 0.6) is 0 Å². The molecule has 26 heavy (non-hydrogen) atoms. The molecule has 2 aromatic rings. The van der Waals surface area contributed by atoms with Crippen molar-refractivity contribution in [3.05, 3.63) is 62.2 Å². The summed E-state index contributed by atoms with van der Waals surface area (Å²) >= 11 is 12.2. The second-order valence-corrected chi connectivity index (χ2v) is 7.05. The van der Waals surface area contributed by atoms with E-state index in [1.54, 1.807) is 6.92 Å². The van der Waals surface area contributed by atoms with Crippen LogP contribution < -0.4 is 5.56 Å². The number of aryl methyl sites for hydroxylation is 1. The molecule has 0 saturated carbocycles. The first kappa shape index (κ1) is 18.9. The van der Waals surface area contributed by atoms with Crippen molar-refractivity contribution in [2.24, 2.45) is 0 Å². The second-order valence-electron chi connectivity index (χ2n) is 6.33. The lowest BCUT2D eigenvalue weighted by molar-refractivity contribution is -0.147. The topological polar surface area (TPSA) is 61.2 Å². The van der Waals surface area contributed by atoms with E-state index in [2.05, 4.69) is 17.1 Å². The Morgan fingerprint density at radius 2 is 2.00 bits per heavy atom. The van der Waals surface area contributed by atoms with E-state index in [1.807, 2.05) is 18.2 Å². The van der Waals surface area contributed by atoms with Gasteiger partial charge in [0.05, 0.1) is 12.3 Å². The molecule has 7 heteroatoms. The molecule has 2 atom stereocenters. The molecule has 0 saturated heterocycles. The largest absolute Gasteiger partial charge is 0.464 e. The number of nitrogens with zero attached hydrogens (tertiary/aromatic N) is 2. The molecule has 1 aromatic carbocycles. The summed E-state index contributed by atoms with van der Waals surface area (Å²) in [5, 5.41) is -0.0379. The van der Waals surface area contributed by atoms with Crippen LogP contribution in [0.2, 0.25) is 10.3 Å². The van der Waals surface area contributed by atoms with Crippen molar-refractivity contribution >= 4 is 29.2 Å². The Labute approximate surface area is 161 Å². The van der Waals surface area contributed by atoms with Crippen LogP contribution in [0.4, 0.5) is 0 Å². The summed E-state index contributed by atoms with van der Waals surface area (Å²) in [6, 6.07) is 9.49. The van der Waals surface area contributed by atoms with Gasteiger partial charge in [0.1, 0.15) is 6.04 Å². The number of carbonyl (C=O) groups excluding carboxylic acids is 1. The molecule has 2 unspecified atom stereocenters. The lowest BCUT2D eigenvalue weighted by atomic mass is 9.94. The van der Waals surface area contributed by atoms with Gasteiger partial charge in [0.2, 0.25) is 0 Å². The van der Waals surface area contributed by atoms with E-state index in [-0.39, 0.29) is 22.8 Å². The number of carbonyl (C=O) groups is 1. The van der Waals surface area contributed by atoms with Crippen molar-refractivity contribution in [1.29, 1.82) is 0 Å². The number of hydrogen-bond acceptors (Lipinski definition) is 4. The molecule has 0 N–H and O–H groups in total. The molecule has 3 rings (SSSR count). The Kier molecular flexibility index (Phi) is 5.99. The number of aromatic nitrogens is 2. The normalized spacial score (nSPS) is 18.6. The van der Waals surface area contributed by atoms with Gasteiger partial charge in [-0.2, -0.15) is 0 Å². The smallest absolute Gasteiger partial charge is 0.329 e. The van der Waals surface area contributed by atoms with Crippen molar-refractivity contribution in [3.63, 3.8) is 0 Å². The second kappa shape index (κ2) is 8.23. The van der Waals surface area contributed by atoms with Crippen LogP contribution in [0.25, 0.3) is 0 Å². The standard InChI is InChI=1S/C19H20Cl2N2O3/c1-2-26-19(25)14-11-13(10-6-9-12-7-4-3-5-8-12)15-16(20)22-17(21)18(24)23(14)15/h3-5,7-8,13-14H,2,6,9-11H2,1H3. The van der Waals surface area contributed by atoms with Gasteiger partial charge < -0.3 is 4.74 Å². The van der Waals surface area contributed by atoms with E-state index in [0.717, 1.165) is 19.3 Å². The maximum Gasteiger partial charge on any atom is 0.329 e. The van der Waals surface area contributed by atoms with Gasteiger partial charge in [-0.1, -0.05) is 53.5 Å². The van der Waals surface area contributed by atoms with Crippen LogP contribution in [0, 0.1) is 0 Å². The van der Waals surface area contributed by atoms with E-state index in [9.17, 15) is 9.59 Å². The summed E-state index contributed by atoms with van der Waals surface area (Å²) in [7, 11) is 0. The van der Waals surface area contributed by atoms with Crippen LogP contribution in [0.3, 0.4) is 0 Å². The first-order valence-corrected chi connectivity index (χ1v) is 9.46. The highest BCUT2D eigenvalue weighted by atomic mass is 35.5. The molecule has 1 aliphatic rings. The fourth-order valence-corrected chi connectivity index (χ4v) is 4.10. The van der Waals surface area contributed by atoms with Gasteiger partial charge in [-0.15, -0.1) is 0 Å². The molecular formula is C19H20Cl2N2O3. The quantitative estimate of drug-likeness (QED) is 0.689. The highest BCUT2D eigenvalue weighted by Crippen LogP contribution is 2.41. The molecule has 0 amide bonds. The Hall–Kier alpha value is -1.85. The maximum absolute atomic E-state index is 12.5. The first-order valence-electron chi connectivity index (χ1n) is 8.71. The number of halogens is 2. The van der Waals surface area contributed by atoms with E-state index in [4.69, 9.17) is 27.9 Å². The minimum absolute atomic E-state index is 0.0296. The third-order valence-electron chi connectivity index (χ3n) is 4.69. The summed E-state index contributed by atoms with van der Waals surface area (Å²) in [5.41, 5.74) is 1.35. The molecule has 138 valence electrons. The van der Waals surface area contributed by atoms with Gasteiger partial charge >= 0.3 is 5.97 Å². The third-order valence-corrected chi connectivity index (χ3v) is 5.21. The molecule has 0 bridgehead atoms. The Balaban J connectivity index is 1.84. The summed E-state index contributed by atoms with van der Waals surface area (Å²) in [5.74, 6) is -0.460. The molecule has 0 aliphatic carbocycles. The molecule has 5 nitrogen and oxygen atoms in total. The van der Waals surface area contributed by atoms with Gasteiger partial charge in [0.25, 0.3) is 5.56 Å². The van der Waals surface area contributed by atoms with Crippen molar-refractivity contribution in [2.45, 2.75) is 44.6 Å². The van der Waals surface area contributed by atoms with Gasteiger partial charge in [-0.3, -0.25) is 9.36 Å². The summed E-state index contributed by atoms with van der Waals surface area (Å²) in [6.07, 6.45) is 3.11. The zero-order chi connectivity index (χ0) is 18.7. The Morgan fingerprint density at radius 1 is 1.27 bits per heavy atom. The molecular weight excluding hydrogens is 375 g/mol. The zero-order valence-electron chi connectivity index (χ0n) is 14.5. The van der Waals surface area contributed by atoms with Crippen LogP contribution >= 0.6 is 23.2 Å². The lowest BCUT2D eigenvalue weighted by Crippen LogP contribution is -2.30. The average Bonchev–Trinajstić information content (AvgIpc) is 3.01. The SMILES string of the molecule is CCOC(=O)C1CC(CCCc2ccccc2)c2c(Cl)nc(Cl)c(=O)n21. The number of hydrogen-bond donors (Lipinski definition) is 0. The van der Waals surface area contributed by atoms with Gasteiger partial charge in [-0.25, -0.2) is 9.78 Å². The van der Waals surface area contributed by atoms with Crippen molar-refractivity contribution < 1.29 is 9.53 Å². The number of benzene rings is 1. The van der Waals surface area contributed by atoms with E-state index in [1.165, 1.54) is 10.1 Å². The molecule has 1 aliphatic heterocycles. The van der Waals surface area contributed by atoms with Gasteiger partial charge in [0, 0.05) is 5.92 Å². The fourth-order valence-electron chi connectivity index (χ4n) is 3.55. The molecule has 1 aromatic heterocycles. The first-order chi connectivity index (χ1) is 12.5. The fraction of sp³-hybridized carbons (Fsp3) is 0.421. The minimum atomic E-state index is -0.697. The third kappa shape index (κ3) is 3.79. The zero-order valence-corrected chi connectivity index (χ0v) is 16.0. The van der Waals surface area contributed by atoms with E-state index in [0.29, 0.717) is 12.1 Å². The van der Waals surface area contributed by atoms with Crippen molar-refractivity contribution in [2.75, 3.05) is 6.61 Å². The lowest BCUT2D eigenvalue weighted by Gasteiger charge is -2.13. The molecule has 0 fully saturated rings. The number of ether oxygens (including phenoxy) is 1. The van der Waals surface area contributed by atoms with Gasteiger partial charge in [-0.05, 0) is 38.2 Å². The highest BCUT2D eigenvalue weighted by molar-refractivity contribution is 6.32. The van der Waals surface area contributed by atoms with E-state index < -0.39 is 17.6 Å². The maximum atomic E-state index is 12.5. The Bertz CT molecular complexity index is 852. The number of fused-ring (bicyclic) bond motifs is 1. The predicted octanol–water partition coefficient (Wildman–Crippen LogP) is 4.16. The van der Waals surface area contributed by atoms with Gasteiger partial charge in [0.15, 0.2) is 10.3 Å². The van der Waals surface area contributed by atoms with E-state index >= 15 is 0 Å². The molecule has 2 heterocycles. The Morgan fingerprint density at radius 3 is 2.69 bits per heavy atom. The van der Waals surface area contributed by atoms with Crippen LogP contribution in [-0.4, -0.2) is 22.1 Å². The highest BCUT2D eigenvalue weighted by Gasteiger charge is 2.39. The number of rotatable bonds is 6. The molecule has 0 radical (unpaired) electrons. The molecule has 0 spiro atoms. The predicted molar refractivity (Wildman–Crippen MR) is 101 cm³/mol. The van der Waals surface area contributed by atoms with Crippen LogP contribution in [0.1, 0.15) is 49.4 Å². The summed E-state index contributed by atoms with van der Waals surface area (Å²) in [6.45, 7) is 1.99. The van der Waals surface area contributed by atoms with Crippen LogP contribution in [-0.2, 0) is 16.0 Å².